The predicted octanol–water partition coefficient (Wildman–Crippen LogP) is -6.60. The molecule has 5 N–H and O–H groups in total. The molecule has 0 aromatic heterocycles. The average molecular weight is 216 g/mol. The Morgan fingerprint density at radius 1 is 1.09 bits per heavy atom. The summed E-state index contributed by atoms with van der Waals surface area (Å²) in [7, 11) is -9.53. The van der Waals surface area contributed by atoms with Crippen LogP contribution in [0.25, 0.3) is 0 Å². The molecular weight excluding hydrogens is 211 g/mol. The molecule has 8 nitrogen and oxygen atoms in total. The third kappa shape index (κ3) is 1010. The molecule has 0 fully saturated rings. The molecule has 0 bridgehead atoms. The van der Waals surface area contributed by atoms with E-state index in [9.17, 15) is 0 Å². The first-order chi connectivity index (χ1) is 4.00. The molecule has 0 heterocycles. The van der Waals surface area contributed by atoms with Crippen molar-refractivity contribution in [3.8, 4) is 0 Å². The van der Waals surface area contributed by atoms with Gasteiger partial charge >= 0.3 is 38.6 Å². The Morgan fingerprint density at radius 3 is 1.09 bits per heavy atom. The number of hydrogen-bond donors (Lipinski definition) is 5. The minimum absolute atomic E-state index is 0. The maximum absolute atomic E-state index is 8.63. The van der Waals surface area contributed by atoms with E-state index in [0.29, 0.717) is 0 Å². The van der Waals surface area contributed by atoms with E-state index in [0.717, 1.165) is 0 Å². The van der Waals surface area contributed by atoms with Gasteiger partial charge in [-0.2, -0.15) is 0 Å². The van der Waals surface area contributed by atoms with Gasteiger partial charge in [0.1, 0.15) is 0 Å². The zero-order valence-electron chi connectivity index (χ0n) is 5.37. The summed E-state index contributed by atoms with van der Waals surface area (Å²) in [5, 5.41) is 0. The summed E-state index contributed by atoms with van der Waals surface area (Å²) in [5.41, 5.74) is 0. The van der Waals surface area contributed by atoms with Gasteiger partial charge in [-0.15, -0.1) is 0 Å². The second kappa shape index (κ2) is 6.44. The third-order valence-electron chi connectivity index (χ3n) is 0. The zero-order chi connectivity index (χ0) is 9.00. The second-order valence-corrected chi connectivity index (χ2v) is 3.08. The van der Waals surface area contributed by atoms with Crippen molar-refractivity contribution >= 4 is 19.4 Å². The van der Waals surface area contributed by atoms with Crippen molar-refractivity contribution in [2.75, 3.05) is 0 Å². The third-order valence-corrected chi connectivity index (χ3v) is 0. The van der Waals surface area contributed by atoms with Crippen LogP contribution in [0.1, 0.15) is 0 Å². The Labute approximate surface area is 85.5 Å². The molecule has 0 aromatic rings. The van der Waals surface area contributed by atoms with Crippen molar-refractivity contribution in [3.63, 3.8) is 0 Å². The Bertz CT molecular complexity index is 149. The van der Waals surface area contributed by atoms with Crippen LogP contribution >= 0.6 is 0 Å². The summed E-state index contributed by atoms with van der Waals surface area (Å²) in [6, 6.07) is 0. The minimum atomic E-state index is -4.92. The van der Waals surface area contributed by atoms with Crippen LogP contribution in [0.3, 0.4) is 0 Å². The summed E-state index contributed by atoms with van der Waals surface area (Å²) in [4.78, 5) is 29.3. The van der Waals surface area contributed by atoms with Crippen LogP contribution in [0.2, 0.25) is 0 Å². The SMILES string of the molecule is O=S(=O)([O-])O.O[Si](O)(O)O.[Na+]. The van der Waals surface area contributed by atoms with Crippen LogP contribution in [-0.2, 0) is 10.4 Å². The van der Waals surface area contributed by atoms with Crippen LogP contribution in [0.4, 0.5) is 0 Å². The molecule has 64 valence electrons. The van der Waals surface area contributed by atoms with Gasteiger partial charge in [-0.25, -0.2) is 8.42 Å². The average Bonchev–Trinajstić information content (AvgIpc) is 1.12. The van der Waals surface area contributed by atoms with Crippen LogP contribution in [-0.4, -0.2) is 45.8 Å². The van der Waals surface area contributed by atoms with Crippen LogP contribution < -0.4 is 29.6 Å². The maximum atomic E-state index is 8.63. The van der Waals surface area contributed by atoms with Crippen molar-refractivity contribution in [1.29, 1.82) is 0 Å². The molecule has 0 aliphatic carbocycles. The van der Waals surface area contributed by atoms with E-state index in [1.807, 2.05) is 0 Å². The minimum Gasteiger partial charge on any atom is -0.726 e. The molecule has 0 aliphatic rings. The van der Waals surface area contributed by atoms with Crippen molar-refractivity contribution in [1.82, 2.24) is 0 Å². The fourth-order valence-electron chi connectivity index (χ4n) is 0. The molecule has 0 unspecified atom stereocenters. The maximum Gasteiger partial charge on any atom is 1.00 e. The quantitative estimate of drug-likeness (QED) is 0.152. The second-order valence-electron chi connectivity index (χ2n) is 1.03. The molecule has 0 amide bonds. The summed E-state index contributed by atoms with van der Waals surface area (Å²) in [5.74, 6) is 0. The summed E-state index contributed by atoms with van der Waals surface area (Å²) >= 11 is 0. The van der Waals surface area contributed by atoms with Crippen molar-refractivity contribution in [3.05, 3.63) is 0 Å². The van der Waals surface area contributed by atoms with E-state index in [1.54, 1.807) is 0 Å². The molecular formula is H5NaO8SSi. The molecule has 0 spiro atoms. The number of hydrogen-bond acceptors (Lipinski definition) is 7. The molecule has 11 heavy (non-hydrogen) atoms. The largest absolute Gasteiger partial charge is 1.00 e. The van der Waals surface area contributed by atoms with E-state index < -0.39 is 19.4 Å². The Morgan fingerprint density at radius 2 is 1.09 bits per heavy atom. The molecule has 0 saturated carbocycles. The monoisotopic (exact) mass is 216 g/mol. The molecule has 0 atom stereocenters. The molecule has 0 rings (SSSR count). The first-order valence-electron chi connectivity index (χ1n) is 1.58. The van der Waals surface area contributed by atoms with E-state index in [1.165, 1.54) is 0 Å². The zero-order valence-corrected chi connectivity index (χ0v) is 9.19. The fraction of sp³-hybridized carbons (Fsp3) is 0. The van der Waals surface area contributed by atoms with E-state index in [4.69, 9.17) is 36.7 Å². The van der Waals surface area contributed by atoms with Gasteiger partial charge < -0.3 is 23.7 Å². The fourth-order valence-corrected chi connectivity index (χ4v) is 0. The van der Waals surface area contributed by atoms with Crippen molar-refractivity contribution in [2.24, 2.45) is 0 Å². The van der Waals surface area contributed by atoms with Gasteiger partial charge in [0.05, 0.1) is 0 Å². The molecule has 0 saturated heterocycles. The molecule has 11 heteroatoms. The van der Waals surface area contributed by atoms with E-state index in [-0.39, 0.29) is 29.6 Å². The Hall–Kier alpha value is 0.927. The summed E-state index contributed by atoms with van der Waals surface area (Å²) < 4.78 is 32.8. The van der Waals surface area contributed by atoms with Gasteiger partial charge in [0.15, 0.2) is 0 Å². The van der Waals surface area contributed by atoms with Crippen LogP contribution in [0, 0.1) is 0 Å². The van der Waals surface area contributed by atoms with Crippen LogP contribution in [0.5, 0.6) is 0 Å². The smallest absolute Gasteiger partial charge is 0.726 e. The van der Waals surface area contributed by atoms with Gasteiger partial charge in [-0.05, 0) is 0 Å². The molecule has 0 radical (unpaired) electrons. The van der Waals surface area contributed by atoms with Crippen molar-refractivity contribution < 1.29 is 66.3 Å². The van der Waals surface area contributed by atoms with Gasteiger partial charge in [0.2, 0.25) is 10.4 Å². The van der Waals surface area contributed by atoms with E-state index in [2.05, 4.69) is 0 Å². The first-order valence-corrected chi connectivity index (χ1v) is 4.73. The Kier molecular flexibility index (Phi) is 10.5. The molecule has 0 aromatic carbocycles. The van der Waals surface area contributed by atoms with Gasteiger partial charge in [0.25, 0.3) is 0 Å². The Balaban J connectivity index is -0.000000107. The predicted molar refractivity (Wildman–Crippen MR) is 27.0 cm³/mol. The topological polar surface area (TPSA) is 158 Å². The normalized spacial score (nSPS) is 10.7. The summed E-state index contributed by atoms with van der Waals surface area (Å²) in [6.45, 7) is 0. The van der Waals surface area contributed by atoms with Gasteiger partial charge in [-0.3, -0.25) is 4.55 Å². The van der Waals surface area contributed by atoms with Gasteiger partial charge in [-0.1, -0.05) is 0 Å². The summed E-state index contributed by atoms with van der Waals surface area (Å²) in [6.07, 6.45) is 0. The molecule has 0 aliphatic heterocycles. The van der Waals surface area contributed by atoms with Crippen molar-refractivity contribution in [2.45, 2.75) is 0 Å². The first kappa shape index (κ1) is 17.9. The number of rotatable bonds is 0. The standard InChI is InChI=1S/Na.H2O4S.H4O4Si/c;2*1-5(2,3)4/h;(H2,1,2,3,4);1-4H/q+1;;/p-1. The van der Waals surface area contributed by atoms with Gasteiger partial charge in [0, 0.05) is 0 Å². The van der Waals surface area contributed by atoms with Crippen LogP contribution in [0.15, 0.2) is 0 Å². The van der Waals surface area contributed by atoms with E-state index >= 15 is 0 Å².